The lowest BCUT2D eigenvalue weighted by molar-refractivity contribution is 0.139. The number of hydrogen-bond acceptors (Lipinski definition) is 5. The number of nitrogens with one attached hydrogen (secondary N) is 3. The molecule has 8 nitrogen and oxygen atoms in total. The van der Waals surface area contributed by atoms with E-state index >= 15 is 0 Å². The van der Waals surface area contributed by atoms with Crippen molar-refractivity contribution in [2.45, 2.75) is 17.0 Å². The van der Waals surface area contributed by atoms with Crippen molar-refractivity contribution in [3.8, 4) is 0 Å². The summed E-state index contributed by atoms with van der Waals surface area (Å²) >= 11 is 0. The lowest BCUT2D eigenvalue weighted by Gasteiger charge is -2.25. The van der Waals surface area contributed by atoms with Crippen LogP contribution in [0.1, 0.15) is 23.3 Å². The number of aromatic amines is 2. The van der Waals surface area contributed by atoms with Gasteiger partial charge in [-0.3, -0.25) is 9.59 Å². The zero-order valence-electron chi connectivity index (χ0n) is 16.1. The van der Waals surface area contributed by atoms with Gasteiger partial charge in [0.05, 0.1) is 28.1 Å². The molecule has 0 aliphatic carbocycles. The SMILES string of the molecule is O=c1[nH]c2ccc(S(=O)(=O)N[C@H](c3ccccc3)[C@@H](O)c3ccccc3)cc2[nH]c1=O. The fourth-order valence-electron chi connectivity index (χ4n) is 3.31. The van der Waals surface area contributed by atoms with E-state index in [9.17, 15) is 23.1 Å². The van der Waals surface area contributed by atoms with Crippen molar-refractivity contribution in [1.29, 1.82) is 0 Å². The molecule has 2 atom stereocenters. The number of hydrogen-bond donors (Lipinski definition) is 4. The number of H-pyrrole nitrogens is 2. The highest BCUT2D eigenvalue weighted by molar-refractivity contribution is 7.89. The Hall–Kier alpha value is -3.53. The van der Waals surface area contributed by atoms with Crippen LogP contribution in [0.3, 0.4) is 0 Å². The van der Waals surface area contributed by atoms with Crippen molar-refractivity contribution < 1.29 is 13.5 Å². The third-order valence-electron chi connectivity index (χ3n) is 4.90. The number of benzene rings is 3. The largest absolute Gasteiger partial charge is 0.386 e. The summed E-state index contributed by atoms with van der Waals surface area (Å²) in [6.45, 7) is 0. The molecule has 4 aromatic rings. The summed E-state index contributed by atoms with van der Waals surface area (Å²) in [5.41, 5.74) is -0.0896. The first-order chi connectivity index (χ1) is 14.8. The number of aromatic nitrogens is 2. The second kappa shape index (κ2) is 8.31. The molecule has 0 aliphatic rings. The molecule has 4 rings (SSSR count). The molecule has 0 unspecified atom stereocenters. The Balaban J connectivity index is 1.75. The predicted octanol–water partition coefficient (Wildman–Crippen LogP) is 1.97. The van der Waals surface area contributed by atoms with E-state index in [4.69, 9.17) is 0 Å². The second-order valence-corrected chi connectivity index (χ2v) is 8.69. The molecule has 0 spiro atoms. The van der Waals surface area contributed by atoms with E-state index in [1.54, 1.807) is 60.7 Å². The number of rotatable bonds is 6. The van der Waals surface area contributed by atoms with Gasteiger partial charge in [0.2, 0.25) is 10.0 Å². The van der Waals surface area contributed by atoms with Crippen molar-refractivity contribution in [3.05, 3.63) is 111 Å². The second-order valence-electron chi connectivity index (χ2n) is 6.98. The topological polar surface area (TPSA) is 132 Å². The third kappa shape index (κ3) is 4.33. The average molecular weight is 437 g/mol. The van der Waals surface area contributed by atoms with Gasteiger partial charge < -0.3 is 15.1 Å². The molecule has 1 aromatic heterocycles. The van der Waals surface area contributed by atoms with Gasteiger partial charge in [0.15, 0.2) is 0 Å². The fourth-order valence-corrected chi connectivity index (χ4v) is 4.57. The van der Waals surface area contributed by atoms with E-state index in [0.717, 1.165) is 0 Å². The molecule has 0 bridgehead atoms. The number of aliphatic hydroxyl groups is 1. The minimum atomic E-state index is -4.10. The Morgan fingerprint density at radius 2 is 1.29 bits per heavy atom. The molecule has 1 heterocycles. The highest BCUT2D eigenvalue weighted by Gasteiger charge is 2.28. The molecule has 0 fully saturated rings. The van der Waals surface area contributed by atoms with Crippen molar-refractivity contribution in [2.24, 2.45) is 0 Å². The summed E-state index contributed by atoms with van der Waals surface area (Å²) < 4.78 is 28.9. The smallest absolute Gasteiger partial charge is 0.314 e. The zero-order chi connectivity index (χ0) is 22.0. The minimum absolute atomic E-state index is 0.121. The maximum absolute atomic E-state index is 13.2. The normalized spacial score (nSPS) is 13.7. The molecule has 0 aliphatic heterocycles. The van der Waals surface area contributed by atoms with Crippen LogP contribution in [0, 0.1) is 0 Å². The van der Waals surface area contributed by atoms with E-state index < -0.39 is 33.3 Å². The van der Waals surface area contributed by atoms with Gasteiger partial charge in [0.1, 0.15) is 0 Å². The standard InChI is InChI=1S/C22H19N3O5S/c26-20(15-9-5-2-6-10-15)19(14-7-3-1-4-8-14)25-31(29,30)16-11-12-17-18(13-16)24-22(28)21(27)23-17/h1-13,19-20,25-26H,(H,23,27)(H,24,28)/t19-,20+/m1/s1. The molecule has 0 amide bonds. The molecule has 9 heteroatoms. The van der Waals surface area contributed by atoms with Crippen molar-refractivity contribution >= 4 is 21.1 Å². The molecule has 31 heavy (non-hydrogen) atoms. The number of sulfonamides is 1. The number of aliphatic hydroxyl groups excluding tert-OH is 1. The summed E-state index contributed by atoms with van der Waals surface area (Å²) in [5.74, 6) is 0. The first kappa shape index (κ1) is 20.7. The van der Waals surface area contributed by atoms with Crippen LogP contribution in [-0.2, 0) is 10.0 Å². The Labute approximate surface area is 177 Å². The van der Waals surface area contributed by atoms with E-state index in [-0.39, 0.29) is 10.4 Å². The van der Waals surface area contributed by atoms with Gasteiger partial charge in [0.25, 0.3) is 0 Å². The van der Waals surface area contributed by atoms with E-state index in [0.29, 0.717) is 16.6 Å². The van der Waals surface area contributed by atoms with Crippen LogP contribution in [0.25, 0.3) is 11.0 Å². The predicted molar refractivity (Wildman–Crippen MR) is 116 cm³/mol. The van der Waals surface area contributed by atoms with Crippen LogP contribution in [0.4, 0.5) is 0 Å². The van der Waals surface area contributed by atoms with Crippen molar-refractivity contribution in [1.82, 2.24) is 14.7 Å². The van der Waals surface area contributed by atoms with Gasteiger partial charge in [0, 0.05) is 0 Å². The summed E-state index contributed by atoms with van der Waals surface area (Å²) in [6.07, 6.45) is -1.14. The highest BCUT2D eigenvalue weighted by atomic mass is 32.2. The molecule has 0 radical (unpaired) electrons. The first-order valence-electron chi connectivity index (χ1n) is 9.42. The zero-order valence-corrected chi connectivity index (χ0v) is 17.0. The van der Waals surface area contributed by atoms with Gasteiger partial charge in [-0.15, -0.1) is 0 Å². The Bertz CT molecular complexity index is 1430. The van der Waals surface area contributed by atoms with Crippen LogP contribution in [-0.4, -0.2) is 23.5 Å². The van der Waals surface area contributed by atoms with Gasteiger partial charge in [-0.2, -0.15) is 0 Å². The molecule has 3 aromatic carbocycles. The van der Waals surface area contributed by atoms with Crippen LogP contribution in [0.15, 0.2) is 93.3 Å². The van der Waals surface area contributed by atoms with Gasteiger partial charge in [-0.25, -0.2) is 13.1 Å². The summed E-state index contributed by atoms with van der Waals surface area (Å²) in [7, 11) is -4.10. The maximum atomic E-state index is 13.2. The Morgan fingerprint density at radius 3 is 1.90 bits per heavy atom. The lowest BCUT2D eigenvalue weighted by Crippen LogP contribution is -2.33. The van der Waals surface area contributed by atoms with E-state index in [2.05, 4.69) is 14.7 Å². The molecular weight excluding hydrogens is 418 g/mol. The fraction of sp³-hybridized carbons (Fsp3) is 0.0909. The summed E-state index contributed by atoms with van der Waals surface area (Å²) in [6, 6.07) is 20.5. The molecular formula is C22H19N3O5S. The van der Waals surface area contributed by atoms with Crippen molar-refractivity contribution in [2.75, 3.05) is 0 Å². The van der Waals surface area contributed by atoms with E-state index in [1.165, 1.54) is 18.2 Å². The van der Waals surface area contributed by atoms with Crippen LogP contribution in [0.2, 0.25) is 0 Å². The molecule has 158 valence electrons. The summed E-state index contributed by atoms with van der Waals surface area (Å²) in [4.78, 5) is 27.7. The van der Waals surface area contributed by atoms with Gasteiger partial charge >= 0.3 is 11.1 Å². The first-order valence-corrected chi connectivity index (χ1v) is 10.9. The van der Waals surface area contributed by atoms with Crippen LogP contribution in [0.5, 0.6) is 0 Å². The Morgan fingerprint density at radius 1 is 0.742 bits per heavy atom. The lowest BCUT2D eigenvalue weighted by atomic mass is 9.97. The number of fused-ring (bicyclic) bond motifs is 1. The monoisotopic (exact) mass is 437 g/mol. The van der Waals surface area contributed by atoms with Gasteiger partial charge in [-0.05, 0) is 29.3 Å². The average Bonchev–Trinajstić information content (AvgIpc) is 2.78. The minimum Gasteiger partial charge on any atom is -0.386 e. The highest BCUT2D eigenvalue weighted by Crippen LogP contribution is 2.30. The van der Waals surface area contributed by atoms with Crippen molar-refractivity contribution in [3.63, 3.8) is 0 Å². The summed E-state index contributed by atoms with van der Waals surface area (Å²) in [5, 5.41) is 11.0. The maximum Gasteiger partial charge on any atom is 0.314 e. The quantitative estimate of drug-likeness (QED) is 0.343. The van der Waals surface area contributed by atoms with Crippen LogP contribution >= 0.6 is 0 Å². The molecule has 0 saturated heterocycles. The van der Waals surface area contributed by atoms with E-state index in [1.807, 2.05) is 0 Å². The third-order valence-corrected chi connectivity index (χ3v) is 6.34. The van der Waals surface area contributed by atoms with Crippen LogP contribution < -0.4 is 15.8 Å². The van der Waals surface area contributed by atoms with Gasteiger partial charge in [-0.1, -0.05) is 60.7 Å². The Kier molecular flexibility index (Phi) is 5.55. The molecule has 0 saturated carbocycles. The molecule has 4 N–H and O–H groups in total.